The molecule has 3 rings (SSSR count). The van der Waals surface area contributed by atoms with Crippen molar-refractivity contribution in [3.63, 3.8) is 0 Å². The van der Waals surface area contributed by atoms with Gasteiger partial charge in [-0.05, 0) is 36.9 Å². The summed E-state index contributed by atoms with van der Waals surface area (Å²) < 4.78 is 1.86. The molecule has 1 N–H and O–H groups in total. The van der Waals surface area contributed by atoms with E-state index in [4.69, 9.17) is 11.6 Å². The number of nitrogens with one attached hydrogen (secondary N) is 1. The summed E-state index contributed by atoms with van der Waals surface area (Å²) in [7, 11) is 1.94. The van der Waals surface area contributed by atoms with Crippen LogP contribution in [-0.4, -0.2) is 22.9 Å². The van der Waals surface area contributed by atoms with Crippen molar-refractivity contribution < 1.29 is 0 Å². The van der Waals surface area contributed by atoms with Crippen molar-refractivity contribution in [3.05, 3.63) is 28.9 Å². The molecular formula is C13H16ClN3. The van der Waals surface area contributed by atoms with Crippen LogP contribution in [0.2, 0.25) is 5.15 Å². The van der Waals surface area contributed by atoms with Gasteiger partial charge in [0.2, 0.25) is 0 Å². The lowest BCUT2D eigenvalue weighted by Crippen LogP contribution is -2.28. The van der Waals surface area contributed by atoms with Crippen LogP contribution in [0.15, 0.2) is 18.2 Å². The van der Waals surface area contributed by atoms with Crippen LogP contribution >= 0.6 is 11.6 Å². The molecule has 1 aliphatic rings. The lowest BCUT2D eigenvalue weighted by atomic mass is 9.90. The smallest absolute Gasteiger partial charge is 0.159 e. The monoisotopic (exact) mass is 249 g/mol. The van der Waals surface area contributed by atoms with Gasteiger partial charge in [0.1, 0.15) is 0 Å². The highest BCUT2D eigenvalue weighted by molar-refractivity contribution is 6.34. The number of hydrogen-bond donors (Lipinski definition) is 1. The predicted octanol–water partition coefficient (Wildman–Crippen LogP) is 2.69. The Balaban J connectivity index is 2.15. The van der Waals surface area contributed by atoms with Crippen LogP contribution in [0.3, 0.4) is 0 Å². The molecule has 0 saturated carbocycles. The van der Waals surface area contributed by atoms with Gasteiger partial charge in [-0.2, -0.15) is 5.10 Å². The summed E-state index contributed by atoms with van der Waals surface area (Å²) in [5.41, 5.74) is 2.46. The van der Waals surface area contributed by atoms with Crippen LogP contribution in [-0.2, 0) is 7.05 Å². The van der Waals surface area contributed by atoms with Crippen LogP contribution in [0, 0.1) is 0 Å². The van der Waals surface area contributed by atoms with Crippen molar-refractivity contribution in [2.24, 2.45) is 7.05 Å². The van der Waals surface area contributed by atoms with E-state index < -0.39 is 0 Å². The number of hydrogen-bond acceptors (Lipinski definition) is 2. The van der Waals surface area contributed by atoms with Crippen LogP contribution in [0.25, 0.3) is 10.9 Å². The third-order valence-electron chi connectivity index (χ3n) is 3.60. The average molecular weight is 250 g/mol. The van der Waals surface area contributed by atoms with Gasteiger partial charge in [-0.25, -0.2) is 0 Å². The van der Waals surface area contributed by atoms with Crippen molar-refractivity contribution in [1.82, 2.24) is 15.1 Å². The van der Waals surface area contributed by atoms with Gasteiger partial charge in [-0.3, -0.25) is 4.68 Å². The van der Waals surface area contributed by atoms with E-state index in [0.29, 0.717) is 11.1 Å². The maximum absolute atomic E-state index is 6.25. The largest absolute Gasteiger partial charge is 0.316 e. The Labute approximate surface area is 106 Å². The first-order valence-corrected chi connectivity index (χ1v) is 6.47. The molecule has 3 nitrogen and oxygen atoms in total. The molecule has 1 aromatic carbocycles. The van der Waals surface area contributed by atoms with Crippen molar-refractivity contribution in [3.8, 4) is 0 Å². The Hall–Kier alpha value is -1.06. The molecule has 1 aromatic heterocycles. The molecule has 1 saturated heterocycles. The number of benzene rings is 1. The molecule has 0 radical (unpaired) electrons. The fourth-order valence-electron chi connectivity index (χ4n) is 2.74. The second kappa shape index (κ2) is 4.31. The molecule has 90 valence electrons. The highest BCUT2D eigenvalue weighted by atomic mass is 35.5. The molecule has 4 heteroatoms. The minimum atomic E-state index is 0.564. The Morgan fingerprint density at radius 2 is 2.35 bits per heavy atom. The third-order valence-corrected chi connectivity index (χ3v) is 3.87. The summed E-state index contributed by atoms with van der Waals surface area (Å²) in [6.45, 7) is 2.18. The lowest BCUT2D eigenvalue weighted by Gasteiger charge is -2.23. The second-order valence-electron chi connectivity index (χ2n) is 4.70. The Morgan fingerprint density at radius 1 is 1.47 bits per heavy atom. The van der Waals surface area contributed by atoms with E-state index in [2.05, 4.69) is 28.6 Å². The summed E-state index contributed by atoms with van der Waals surface area (Å²) in [6, 6.07) is 6.37. The highest BCUT2D eigenvalue weighted by Gasteiger charge is 2.20. The summed E-state index contributed by atoms with van der Waals surface area (Å²) in [5.74, 6) is 0.564. The molecule has 1 fully saturated rings. The quantitative estimate of drug-likeness (QED) is 0.842. The first kappa shape index (κ1) is 11.1. The number of fused-ring (bicyclic) bond motifs is 1. The summed E-state index contributed by atoms with van der Waals surface area (Å²) in [5, 5.41) is 9.52. The lowest BCUT2D eigenvalue weighted by molar-refractivity contribution is 0.463. The molecule has 2 aromatic rings. The number of aromatic nitrogens is 2. The zero-order chi connectivity index (χ0) is 11.8. The van der Waals surface area contributed by atoms with Crippen LogP contribution in [0.4, 0.5) is 0 Å². The van der Waals surface area contributed by atoms with Crippen molar-refractivity contribution >= 4 is 22.5 Å². The molecule has 0 amide bonds. The van der Waals surface area contributed by atoms with Gasteiger partial charge < -0.3 is 5.32 Å². The third kappa shape index (κ3) is 1.83. The number of nitrogens with zero attached hydrogens (tertiary/aromatic N) is 2. The Bertz CT molecular complexity index is 541. The Kier molecular flexibility index (Phi) is 2.81. The maximum atomic E-state index is 6.25. The van der Waals surface area contributed by atoms with Gasteiger partial charge in [0.05, 0.1) is 5.52 Å². The maximum Gasteiger partial charge on any atom is 0.159 e. The zero-order valence-electron chi connectivity index (χ0n) is 9.91. The molecule has 1 unspecified atom stereocenters. The minimum absolute atomic E-state index is 0.564. The normalized spacial score (nSPS) is 20.9. The molecule has 0 spiro atoms. The first-order valence-electron chi connectivity index (χ1n) is 6.09. The molecular weight excluding hydrogens is 234 g/mol. The standard InChI is InChI=1S/C13H16ClN3/c1-17-11-6-2-5-10(12(11)13(14)16-17)9-4-3-7-15-8-9/h2,5-6,9,15H,3-4,7-8H2,1H3. The zero-order valence-corrected chi connectivity index (χ0v) is 10.7. The van der Waals surface area contributed by atoms with E-state index in [1.807, 2.05) is 11.7 Å². The van der Waals surface area contributed by atoms with Gasteiger partial charge in [0.15, 0.2) is 5.15 Å². The summed E-state index contributed by atoms with van der Waals surface area (Å²) >= 11 is 6.25. The van der Waals surface area contributed by atoms with E-state index >= 15 is 0 Å². The summed E-state index contributed by atoms with van der Waals surface area (Å²) in [4.78, 5) is 0. The van der Waals surface area contributed by atoms with E-state index in [-0.39, 0.29) is 0 Å². The van der Waals surface area contributed by atoms with E-state index in [1.165, 1.54) is 18.4 Å². The van der Waals surface area contributed by atoms with E-state index in [0.717, 1.165) is 24.0 Å². The number of rotatable bonds is 1. The molecule has 1 aliphatic heterocycles. The predicted molar refractivity (Wildman–Crippen MR) is 70.6 cm³/mol. The van der Waals surface area contributed by atoms with Crippen molar-refractivity contribution in [1.29, 1.82) is 0 Å². The van der Waals surface area contributed by atoms with Gasteiger partial charge in [0.25, 0.3) is 0 Å². The van der Waals surface area contributed by atoms with Gasteiger partial charge in [-0.1, -0.05) is 23.7 Å². The van der Waals surface area contributed by atoms with E-state index in [9.17, 15) is 0 Å². The highest BCUT2D eigenvalue weighted by Crippen LogP contribution is 2.33. The van der Waals surface area contributed by atoms with Gasteiger partial charge >= 0.3 is 0 Å². The number of halogens is 1. The molecule has 0 aliphatic carbocycles. The molecule has 0 bridgehead atoms. The van der Waals surface area contributed by atoms with Crippen LogP contribution in [0.5, 0.6) is 0 Å². The minimum Gasteiger partial charge on any atom is -0.316 e. The first-order chi connectivity index (χ1) is 8.27. The molecule has 1 atom stereocenters. The molecule has 2 heterocycles. The van der Waals surface area contributed by atoms with Gasteiger partial charge in [-0.15, -0.1) is 0 Å². The van der Waals surface area contributed by atoms with E-state index in [1.54, 1.807) is 0 Å². The Morgan fingerprint density at radius 3 is 3.12 bits per heavy atom. The van der Waals surface area contributed by atoms with Crippen LogP contribution < -0.4 is 5.32 Å². The fraction of sp³-hybridized carbons (Fsp3) is 0.462. The van der Waals surface area contributed by atoms with Crippen molar-refractivity contribution in [2.45, 2.75) is 18.8 Å². The number of aryl methyl sites for hydroxylation is 1. The average Bonchev–Trinajstić information content (AvgIpc) is 2.66. The summed E-state index contributed by atoms with van der Waals surface area (Å²) in [6.07, 6.45) is 2.47. The molecule has 17 heavy (non-hydrogen) atoms. The van der Waals surface area contributed by atoms with Crippen molar-refractivity contribution in [2.75, 3.05) is 13.1 Å². The number of piperidine rings is 1. The SMILES string of the molecule is Cn1nc(Cl)c2c(C3CCCNC3)cccc21. The fourth-order valence-corrected chi connectivity index (χ4v) is 3.06. The van der Waals surface area contributed by atoms with Crippen LogP contribution in [0.1, 0.15) is 24.3 Å². The second-order valence-corrected chi connectivity index (χ2v) is 5.06. The van der Waals surface area contributed by atoms with Gasteiger partial charge in [0, 0.05) is 19.0 Å². The topological polar surface area (TPSA) is 29.9 Å².